The third-order valence-corrected chi connectivity index (χ3v) is 4.95. The minimum absolute atomic E-state index is 0.137. The van der Waals surface area contributed by atoms with E-state index in [1.54, 1.807) is 42.3 Å². The van der Waals surface area contributed by atoms with Crippen LogP contribution in [0, 0.1) is 0 Å². The topological polar surface area (TPSA) is 117 Å². The highest BCUT2D eigenvalue weighted by atomic mass is 16.5. The molecule has 0 saturated carbocycles. The van der Waals surface area contributed by atoms with Gasteiger partial charge in [-0.3, -0.25) is 19.2 Å². The van der Waals surface area contributed by atoms with E-state index in [4.69, 9.17) is 4.74 Å². The second-order valence-electron chi connectivity index (χ2n) is 7.97. The summed E-state index contributed by atoms with van der Waals surface area (Å²) in [7, 11) is 1.68. The first kappa shape index (κ1) is 25.1. The number of amides is 3. The minimum Gasteiger partial charge on any atom is -0.461 e. The number of nitrogens with one attached hydrogen (secondary N) is 3. The Balaban J connectivity index is 2.05. The summed E-state index contributed by atoms with van der Waals surface area (Å²) in [6, 6.07) is 5.43. The fourth-order valence-corrected chi connectivity index (χ4v) is 3.45. The van der Waals surface area contributed by atoms with Crippen molar-refractivity contribution in [1.29, 1.82) is 0 Å². The fourth-order valence-electron chi connectivity index (χ4n) is 3.45. The summed E-state index contributed by atoms with van der Waals surface area (Å²) in [6.45, 7) is 5.87. The lowest BCUT2D eigenvalue weighted by Crippen LogP contribution is -2.52. The van der Waals surface area contributed by atoms with Crippen molar-refractivity contribution in [2.45, 2.75) is 52.3 Å². The Kier molecular flexibility index (Phi) is 9.39. The molecule has 1 aromatic rings. The van der Waals surface area contributed by atoms with Gasteiger partial charge in [0.2, 0.25) is 11.8 Å². The van der Waals surface area contributed by atoms with Gasteiger partial charge in [-0.25, -0.2) is 0 Å². The highest BCUT2D eigenvalue weighted by Crippen LogP contribution is 2.18. The second kappa shape index (κ2) is 12.0. The zero-order valence-electron chi connectivity index (χ0n) is 19.1. The Hall–Kier alpha value is -3.20. The molecule has 2 atom stereocenters. The van der Waals surface area contributed by atoms with Crippen LogP contribution in [0.25, 0.3) is 0 Å². The minimum atomic E-state index is -0.880. The molecule has 0 bridgehead atoms. The standard InChI is InChI=1S/C23H32N4O5/c1-15(2)12-19(26-23(31)20-6-5-11-27(20)21(29)13-24-4)22(30)25-18-9-7-17(8-10-18)14-32-16(3)28/h7-10,12,19-20,24H,5-6,11,13-14H2,1-4H3,(H,25,30)(H,26,31)/t19?,20-/m0/s1. The van der Waals surface area contributed by atoms with E-state index in [0.717, 1.165) is 17.6 Å². The van der Waals surface area contributed by atoms with Crippen molar-refractivity contribution in [3.63, 3.8) is 0 Å². The van der Waals surface area contributed by atoms with E-state index in [0.29, 0.717) is 18.7 Å². The Morgan fingerprint density at radius 1 is 1.16 bits per heavy atom. The molecule has 9 heteroatoms. The molecule has 9 nitrogen and oxygen atoms in total. The van der Waals surface area contributed by atoms with Crippen LogP contribution in [0.1, 0.15) is 39.2 Å². The number of esters is 1. The van der Waals surface area contributed by atoms with Crippen LogP contribution in [-0.2, 0) is 30.5 Å². The number of hydrogen-bond acceptors (Lipinski definition) is 6. The van der Waals surface area contributed by atoms with Crippen molar-refractivity contribution in [3.8, 4) is 0 Å². The third-order valence-electron chi connectivity index (χ3n) is 4.95. The summed E-state index contributed by atoms with van der Waals surface area (Å²) >= 11 is 0. The molecule has 1 aromatic carbocycles. The molecule has 1 aliphatic rings. The molecular weight excluding hydrogens is 412 g/mol. The van der Waals surface area contributed by atoms with Crippen molar-refractivity contribution >= 4 is 29.4 Å². The van der Waals surface area contributed by atoms with Crippen LogP contribution in [-0.4, -0.2) is 60.8 Å². The first-order chi connectivity index (χ1) is 15.2. The normalized spacial score (nSPS) is 16.1. The zero-order valence-corrected chi connectivity index (χ0v) is 19.1. The molecular formula is C23H32N4O5. The van der Waals surface area contributed by atoms with E-state index in [2.05, 4.69) is 16.0 Å². The first-order valence-corrected chi connectivity index (χ1v) is 10.6. The van der Waals surface area contributed by atoms with Gasteiger partial charge in [-0.05, 0) is 51.4 Å². The molecule has 2 rings (SSSR count). The van der Waals surface area contributed by atoms with E-state index in [1.807, 2.05) is 13.8 Å². The van der Waals surface area contributed by atoms with Crippen molar-refractivity contribution in [2.24, 2.45) is 0 Å². The smallest absolute Gasteiger partial charge is 0.302 e. The van der Waals surface area contributed by atoms with Crippen LogP contribution in [0.5, 0.6) is 0 Å². The number of nitrogens with zero attached hydrogens (tertiary/aromatic N) is 1. The summed E-state index contributed by atoms with van der Waals surface area (Å²) in [5.74, 6) is -1.24. The molecule has 0 aliphatic carbocycles. The van der Waals surface area contributed by atoms with E-state index in [1.165, 1.54) is 6.92 Å². The highest BCUT2D eigenvalue weighted by Gasteiger charge is 2.35. The van der Waals surface area contributed by atoms with Crippen molar-refractivity contribution in [1.82, 2.24) is 15.5 Å². The maximum atomic E-state index is 12.9. The first-order valence-electron chi connectivity index (χ1n) is 10.6. The molecule has 0 spiro atoms. The van der Waals surface area contributed by atoms with Crippen molar-refractivity contribution in [2.75, 3.05) is 25.5 Å². The van der Waals surface area contributed by atoms with E-state index >= 15 is 0 Å². The SMILES string of the molecule is CNCC(=O)N1CCC[C@H]1C(=O)NC(C=C(C)C)C(=O)Nc1ccc(COC(C)=O)cc1. The van der Waals surface area contributed by atoms with Crippen LogP contribution in [0.2, 0.25) is 0 Å². The number of likely N-dealkylation sites (N-methyl/N-ethyl adjacent to an activating group) is 1. The molecule has 1 fully saturated rings. The molecule has 3 amide bonds. The molecule has 0 aromatic heterocycles. The van der Waals surface area contributed by atoms with Gasteiger partial charge in [0.1, 0.15) is 18.7 Å². The summed E-state index contributed by atoms with van der Waals surface area (Å²) in [5, 5.41) is 8.39. The Morgan fingerprint density at radius 2 is 1.84 bits per heavy atom. The van der Waals surface area contributed by atoms with E-state index < -0.39 is 18.0 Å². The van der Waals surface area contributed by atoms with Crippen LogP contribution in [0.3, 0.4) is 0 Å². The van der Waals surface area contributed by atoms with Crippen LogP contribution in [0.15, 0.2) is 35.9 Å². The Morgan fingerprint density at radius 3 is 2.44 bits per heavy atom. The van der Waals surface area contributed by atoms with Crippen LogP contribution >= 0.6 is 0 Å². The van der Waals surface area contributed by atoms with Gasteiger partial charge in [0.15, 0.2) is 0 Å². The summed E-state index contributed by atoms with van der Waals surface area (Å²) in [5.41, 5.74) is 2.21. The molecule has 32 heavy (non-hydrogen) atoms. The predicted octanol–water partition coefficient (Wildman–Crippen LogP) is 1.35. The van der Waals surface area contributed by atoms with Gasteiger partial charge in [0.25, 0.3) is 5.91 Å². The van der Waals surface area contributed by atoms with Gasteiger partial charge in [-0.15, -0.1) is 0 Å². The molecule has 1 aliphatic heterocycles. The number of allylic oxidation sites excluding steroid dienone is 1. The average molecular weight is 445 g/mol. The predicted molar refractivity (Wildman–Crippen MR) is 121 cm³/mol. The van der Waals surface area contributed by atoms with Gasteiger partial charge in [-0.2, -0.15) is 0 Å². The lowest BCUT2D eigenvalue weighted by atomic mass is 10.1. The molecule has 1 unspecified atom stereocenters. The molecule has 1 heterocycles. The number of hydrogen-bond donors (Lipinski definition) is 3. The lowest BCUT2D eigenvalue weighted by Gasteiger charge is -2.25. The number of rotatable bonds is 9. The lowest BCUT2D eigenvalue weighted by molar-refractivity contribution is -0.142. The van der Waals surface area contributed by atoms with E-state index in [-0.39, 0.29) is 30.9 Å². The monoisotopic (exact) mass is 444 g/mol. The maximum absolute atomic E-state index is 12.9. The van der Waals surface area contributed by atoms with Gasteiger partial charge < -0.3 is 25.6 Å². The molecule has 0 radical (unpaired) electrons. The quantitative estimate of drug-likeness (QED) is 0.391. The van der Waals surface area contributed by atoms with Gasteiger partial charge in [0.05, 0.1) is 6.54 Å². The summed E-state index contributed by atoms with van der Waals surface area (Å²) in [4.78, 5) is 50.6. The Bertz CT molecular complexity index is 862. The van der Waals surface area contributed by atoms with Crippen molar-refractivity contribution in [3.05, 3.63) is 41.5 Å². The summed E-state index contributed by atoms with van der Waals surface area (Å²) in [6.07, 6.45) is 2.98. The van der Waals surface area contributed by atoms with Crippen molar-refractivity contribution < 1.29 is 23.9 Å². The number of benzene rings is 1. The number of carbonyl (C=O) groups excluding carboxylic acids is 4. The summed E-state index contributed by atoms with van der Waals surface area (Å²) < 4.78 is 4.95. The largest absolute Gasteiger partial charge is 0.461 e. The molecule has 3 N–H and O–H groups in total. The number of carbonyl (C=O) groups is 4. The molecule has 1 saturated heterocycles. The Labute approximate surface area is 188 Å². The number of likely N-dealkylation sites (tertiary alicyclic amines) is 1. The number of ether oxygens (including phenoxy) is 1. The highest BCUT2D eigenvalue weighted by molar-refractivity contribution is 5.99. The third kappa shape index (κ3) is 7.49. The van der Waals surface area contributed by atoms with Gasteiger partial charge in [0, 0.05) is 19.2 Å². The van der Waals surface area contributed by atoms with Crippen LogP contribution < -0.4 is 16.0 Å². The second-order valence-corrected chi connectivity index (χ2v) is 7.97. The maximum Gasteiger partial charge on any atom is 0.302 e. The fraction of sp³-hybridized carbons (Fsp3) is 0.478. The number of anilines is 1. The van der Waals surface area contributed by atoms with E-state index in [9.17, 15) is 19.2 Å². The zero-order chi connectivity index (χ0) is 23.7. The molecule has 174 valence electrons. The van der Waals surface area contributed by atoms with Gasteiger partial charge >= 0.3 is 5.97 Å². The van der Waals surface area contributed by atoms with Gasteiger partial charge in [-0.1, -0.05) is 23.8 Å². The average Bonchev–Trinajstić information content (AvgIpc) is 3.23. The van der Waals surface area contributed by atoms with Crippen LogP contribution in [0.4, 0.5) is 5.69 Å².